The monoisotopic (exact) mass is 444 g/mol. The standard InChI is InChI=1S/C28H34N3P/c1-16-10-19(4)25(20(5)11-16)29-28-30(26-21(6)12-17(2)13-22(26)7)32-31(28)27-23(8)14-18(3)15-24(27)9/h10-15,32H,1-9H3/p+1. The van der Waals surface area contributed by atoms with Crippen molar-refractivity contribution in [1.82, 2.24) is 0 Å². The van der Waals surface area contributed by atoms with Crippen LogP contribution >= 0.6 is 8.88 Å². The van der Waals surface area contributed by atoms with E-state index in [-0.39, 0.29) is 8.88 Å². The summed E-state index contributed by atoms with van der Waals surface area (Å²) < 4.78 is 4.92. The Bertz CT molecular complexity index is 1120. The molecule has 0 bridgehead atoms. The summed E-state index contributed by atoms with van der Waals surface area (Å²) in [6.07, 6.45) is 0. The number of aliphatic imine (C=N–C) groups is 1. The van der Waals surface area contributed by atoms with Crippen LogP contribution in [0.15, 0.2) is 41.4 Å². The highest BCUT2D eigenvalue weighted by molar-refractivity contribution is 7.49. The molecule has 3 nitrogen and oxygen atoms in total. The Morgan fingerprint density at radius 2 is 0.812 bits per heavy atom. The first kappa shape index (κ1) is 22.6. The molecule has 1 aliphatic heterocycles. The van der Waals surface area contributed by atoms with Crippen molar-refractivity contribution >= 4 is 31.9 Å². The number of benzene rings is 3. The van der Waals surface area contributed by atoms with E-state index in [0.29, 0.717) is 0 Å². The highest BCUT2D eigenvalue weighted by atomic mass is 31.1. The number of hydrogen-bond acceptors (Lipinski definition) is 1. The summed E-state index contributed by atoms with van der Waals surface area (Å²) in [5.74, 6) is 1.04. The maximum absolute atomic E-state index is 5.32. The van der Waals surface area contributed by atoms with E-state index in [2.05, 4.69) is 108 Å². The Hall–Kier alpha value is -2.64. The van der Waals surface area contributed by atoms with Crippen LogP contribution in [0.1, 0.15) is 50.1 Å². The van der Waals surface area contributed by atoms with Crippen LogP contribution < -0.4 is 9.34 Å². The van der Waals surface area contributed by atoms with Gasteiger partial charge in [-0.2, -0.15) is 9.34 Å². The summed E-state index contributed by atoms with van der Waals surface area (Å²) in [6.45, 7) is 19.7. The molecule has 0 unspecified atom stereocenters. The first-order valence-corrected chi connectivity index (χ1v) is 12.4. The fraction of sp³-hybridized carbons (Fsp3) is 0.321. The molecule has 0 aliphatic carbocycles. The van der Waals surface area contributed by atoms with Crippen molar-refractivity contribution in [1.29, 1.82) is 0 Å². The van der Waals surface area contributed by atoms with Crippen molar-refractivity contribution in [2.45, 2.75) is 62.3 Å². The lowest BCUT2D eigenvalue weighted by molar-refractivity contribution is 1.18. The SMILES string of the molecule is Cc1cc(C)c(N=C2N(c3c(C)cc(C)cc3C)[PH2+]N2c2c(C)cc(C)cc2C)c(C)c1. The molecule has 1 saturated heterocycles. The Morgan fingerprint density at radius 1 is 0.500 bits per heavy atom. The van der Waals surface area contributed by atoms with Crippen LogP contribution in [0, 0.1) is 62.3 Å². The topological polar surface area (TPSA) is 18.8 Å². The van der Waals surface area contributed by atoms with Gasteiger partial charge < -0.3 is 0 Å². The third-order valence-corrected chi connectivity index (χ3v) is 7.70. The van der Waals surface area contributed by atoms with Gasteiger partial charge in [-0.05, 0) is 95.7 Å². The van der Waals surface area contributed by atoms with Crippen molar-refractivity contribution < 1.29 is 0 Å². The number of rotatable bonds is 3. The van der Waals surface area contributed by atoms with E-state index < -0.39 is 0 Å². The van der Waals surface area contributed by atoms with Crippen LogP contribution in [0.2, 0.25) is 0 Å². The van der Waals surface area contributed by atoms with Gasteiger partial charge in [0.05, 0.1) is 17.1 Å². The highest BCUT2D eigenvalue weighted by Gasteiger charge is 2.44. The maximum Gasteiger partial charge on any atom is 0.279 e. The van der Waals surface area contributed by atoms with Gasteiger partial charge in [0.2, 0.25) is 0 Å². The van der Waals surface area contributed by atoms with Crippen molar-refractivity contribution in [3.63, 3.8) is 0 Å². The van der Waals surface area contributed by atoms with Crippen molar-refractivity contribution in [2.75, 3.05) is 9.34 Å². The molecular formula is C28H35N3P+. The second-order valence-electron chi connectivity index (χ2n) is 9.51. The van der Waals surface area contributed by atoms with Gasteiger partial charge in [0.25, 0.3) is 5.96 Å². The molecule has 166 valence electrons. The number of aryl methyl sites for hydroxylation is 9. The molecule has 1 aliphatic rings. The Morgan fingerprint density at radius 3 is 1.16 bits per heavy atom. The number of hydrogen-bond donors (Lipinski definition) is 0. The first-order chi connectivity index (χ1) is 15.1. The lowest BCUT2D eigenvalue weighted by Gasteiger charge is -2.40. The number of anilines is 2. The molecule has 4 heteroatoms. The van der Waals surface area contributed by atoms with Gasteiger partial charge in [0, 0.05) is 0 Å². The molecule has 0 aromatic heterocycles. The van der Waals surface area contributed by atoms with Gasteiger partial charge in [0.15, 0.2) is 8.88 Å². The van der Waals surface area contributed by atoms with Gasteiger partial charge in [-0.3, -0.25) is 0 Å². The predicted octanol–water partition coefficient (Wildman–Crippen LogP) is 7.72. The third-order valence-electron chi connectivity index (χ3n) is 6.26. The molecule has 4 rings (SSSR count). The Labute approximate surface area is 195 Å². The number of guanidine groups is 1. The Kier molecular flexibility index (Phi) is 5.90. The molecule has 0 saturated carbocycles. The third kappa shape index (κ3) is 3.95. The average molecular weight is 445 g/mol. The zero-order chi connectivity index (χ0) is 23.3. The summed E-state index contributed by atoms with van der Waals surface area (Å²) in [4.78, 5) is 5.32. The lowest BCUT2D eigenvalue weighted by atomic mass is 10.0. The van der Waals surface area contributed by atoms with Crippen molar-refractivity contribution in [2.24, 2.45) is 4.99 Å². The molecule has 0 amide bonds. The van der Waals surface area contributed by atoms with Gasteiger partial charge in [-0.25, -0.2) is 4.99 Å². The van der Waals surface area contributed by atoms with Crippen LogP contribution in [0.25, 0.3) is 0 Å². The molecule has 0 atom stereocenters. The fourth-order valence-corrected chi connectivity index (χ4v) is 6.92. The van der Waals surface area contributed by atoms with Gasteiger partial charge in [-0.1, -0.05) is 53.1 Å². The molecule has 0 N–H and O–H groups in total. The second kappa shape index (κ2) is 8.37. The summed E-state index contributed by atoms with van der Waals surface area (Å²) in [6, 6.07) is 13.6. The van der Waals surface area contributed by atoms with Crippen LogP contribution in [0.5, 0.6) is 0 Å². The summed E-state index contributed by atoms with van der Waals surface area (Å²) >= 11 is 0. The molecule has 0 spiro atoms. The highest BCUT2D eigenvalue weighted by Crippen LogP contribution is 2.50. The van der Waals surface area contributed by atoms with Gasteiger partial charge in [0.1, 0.15) is 0 Å². The van der Waals surface area contributed by atoms with Crippen LogP contribution in [-0.2, 0) is 0 Å². The van der Waals surface area contributed by atoms with Gasteiger partial charge >= 0.3 is 0 Å². The second-order valence-corrected chi connectivity index (χ2v) is 10.8. The van der Waals surface area contributed by atoms with E-state index in [1.54, 1.807) is 0 Å². The summed E-state index contributed by atoms with van der Waals surface area (Å²) in [5, 5.41) is 0. The average Bonchev–Trinajstić information content (AvgIpc) is 2.63. The molecular weight excluding hydrogens is 409 g/mol. The maximum atomic E-state index is 5.32. The molecule has 3 aromatic rings. The van der Waals surface area contributed by atoms with E-state index in [4.69, 9.17) is 4.99 Å². The first-order valence-electron chi connectivity index (χ1n) is 11.3. The molecule has 0 radical (unpaired) electrons. The minimum Gasteiger partial charge on any atom is -0.209 e. The molecule has 1 heterocycles. The Balaban J connectivity index is 1.90. The molecule has 1 fully saturated rings. The van der Waals surface area contributed by atoms with Crippen LogP contribution in [0.3, 0.4) is 0 Å². The molecule has 3 aromatic carbocycles. The van der Waals surface area contributed by atoms with E-state index in [0.717, 1.165) is 11.6 Å². The zero-order valence-corrected chi connectivity index (χ0v) is 22.0. The fourth-order valence-electron chi connectivity index (χ4n) is 5.26. The van der Waals surface area contributed by atoms with E-state index >= 15 is 0 Å². The van der Waals surface area contributed by atoms with Crippen molar-refractivity contribution in [3.05, 3.63) is 86.5 Å². The van der Waals surface area contributed by atoms with E-state index in [1.807, 2.05) is 0 Å². The largest absolute Gasteiger partial charge is 0.279 e. The van der Waals surface area contributed by atoms with Crippen molar-refractivity contribution in [3.8, 4) is 0 Å². The normalized spacial score (nSPS) is 14.2. The number of nitrogens with zero attached hydrogens (tertiary/aromatic N) is 3. The van der Waals surface area contributed by atoms with Crippen LogP contribution in [-0.4, -0.2) is 5.96 Å². The van der Waals surface area contributed by atoms with Gasteiger partial charge in [-0.15, -0.1) is 0 Å². The quantitative estimate of drug-likeness (QED) is 0.385. The smallest absolute Gasteiger partial charge is 0.209 e. The van der Waals surface area contributed by atoms with E-state index in [1.165, 1.54) is 61.4 Å². The molecule has 32 heavy (non-hydrogen) atoms. The summed E-state index contributed by atoms with van der Waals surface area (Å²) in [7, 11) is -0.119. The predicted molar refractivity (Wildman–Crippen MR) is 144 cm³/mol. The lowest BCUT2D eigenvalue weighted by Crippen LogP contribution is -2.49. The van der Waals surface area contributed by atoms with E-state index in [9.17, 15) is 0 Å². The zero-order valence-electron chi connectivity index (χ0n) is 20.9. The summed E-state index contributed by atoms with van der Waals surface area (Å²) in [5.41, 5.74) is 15.3. The minimum atomic E-state index is -0.119. The van der Waals surface area contributed by atoms with Crippen LogP contribution in [0.4, 0.5) is 17.1 Å². The minimum absolute atomic E-state index is 0.119.